The number of hydrogen-bond acceptors (Lipinski definition) is 4. The van der Waals surface area contributed by atoms with Crippen molar-refractivity contribution in [1.82, 2.24) is 10.1 Å². The molecule has 0 aromatic carbocycles. The van der Waals surface area contributed by atoms with Crippen molar-refractivity contribution in [2.24, 2.45) is 11.7 Å². The van der Waals surface area contributed by atoms with E-state index in [-0.39, 0.29) is 0 Å². The average Bonchev–Trinajstić information content (AvgIpc) is 2.89. The summed E-state index contributed by atoms with van der Waals surface area (Å²) in [6.45, 7) is 2.33. The molecule has 2 N–H and O–H groups in total. The van der Waals surface area contributed by atoms with Gasteiger partial charge in [0, 0.05) is 17.9 Å². The lowest BCUT2D eigenvalue weighted by molar-refractivity contribution is 0.292. The van der Waals surface area contributed by atoms with Gasteiger partial charge in [0.1, 0.15) is 0 Å². The summed E-state index contributed by atoms with van der Waals surface area (Å²) in [5, 5.41) is 4.24. The first-order chi connectivity index (χ1) is 9.22. The lowest BCUT2D eigenvalue weighted by atomic mass is 9.82. The molecule has 4 heteroatoms. The molecular weight excluding hydrogens is 238 g/mol. The molecule has 0 spiro atoms. The van der Waals surface area contributed by atoms with Gasteiger partial charge >= 0.3 is 0 Å². The van der Waals surface area contributed by atoms with Gasteiger partial charge in [0.2, 0.25) is 5.89 Å². The van der Waals surface area contributed by atoms with E-state index in [1.54, 1.807) is 0 Å². The molecule has 2 atom stereocenters. The molecule has 1 aromatic rings. The van der Waals surface area contributed by atoms with Crippen molar-refractivity contribution in [3.05, 3.63) is 11.7 Å². The predicted octanol–water partition coefficient (Wildman–Crippen LogP) is 3.35. The van der Waals surface area contributed by atoms with Gasteiger partial charge in [-0.1, -0.05) is 31.3 Å². The number of hydrogen-bond donors (Lipinski definition) is 1. The van der Waals surface area contributed by atoms with E-state index in [9.17, 15) is 0 Å². The standard InChI is InChI=1S/C15H25N3O/c1-10-5-7-11(8-6-10)14-17-15(19-18-14)12-3-2-4-13(16)9-12/h10-13H,2-9,16H2,1H3. The molecule has 0 amide bonds. The van der Waals surface area contributed by atoms with Crippen LogP contribution in [0.1, 0.15) is 81.8 Å². The lowest BCUT2D eigenvalue weighted by Gasteiger charge is -2.24. The topological polar surface area (TPSA) is 64.9 Å². The van der Waals surface area contributed by atoms with Crippen molar-refractivity contribution in [2.45, 2.75) is 76.2 Å². The highest BCUT2D eigenvalue weighted by Crippen LogP contribution is 2.36. The van der Waals surface area contributed by atoms with Gasteiger partial charge < -0.3 is 10.3 Å². The summed E-state index contributed by atoms with van der Waals surface area (Å²) in [5.41, 5.74) is 6.04. The molecule has 1 aromatic heterocycles. The van der Waals surface area contributed by atoms with Crippen LogP contribution in [0.25, 0.3) is 0 Å². The third-order valence-corrected chi connectivity index (χ3v) is 4.90. The van der Waals surface area contributed by atoms with Crippen LogP contribution < -0.4 is 5.73 Å². The summed E-state index contributed by atoms with van der Waals surface area (Å²) >= 11 is 0. The molecular formula is C15H25N3O. The van der Waals surface area contributed by atoms with Crippen LogP contribution in [0, 0.1) is 5.92 Å². The van der Waals surface area contributed by atoms with E-state index in [2.05, 4.69) is 17.1 Å². The molecule has 0 aliphatic heterocycles. The highest BCUT2D eigenvalue weighted by Gasteiger charge is 2.28. The molecule has 1 heterocycles. The van der Waals surface area contributed by atoms with E-state index in [1.165, 1.54) is 32.1 Å². The molecule has 2 fully saturated rings. The Morgan fingerprint density at radius 2 is 1.84 bits per heavy atom. The van der Waals surface area contributed by atoms with Crippen molar-refractivity contribution < 1.29 is 4.52 Å². The summed E-state index contributed by atoms with van der Waals surface area (Å²) < 4.78 is 5.52. The summed E-state index contributed by atoms with van der Waals surface area (Å²) in [7, 11) is 0. The minimum Gasteiger partial charge on any atom is -0.339 e. The van der Waals surface area contributed by atoms with Crippen LogP contribution in [0.15, 0.2) is 4.52 Å². The van der Waals surface area contributed by atoms with E-state index in [0.29, 0.717) is 17.9 Å². The summed E-state index contributed by atoms with van der Waals surface area (Å²) in [6, 6.07) is 0.310. The zero-order chi connectivity index (χ0) is 13.2. The van der Waals surface area contributed by atoms with E-state index in [1.807, 2.05) is 0 Å². The average molecular weight is 263 g/mol. The van der Waals surface area contributed by atoms with Gasteiger partial charge in [0.15, 0.2) is 5.82 Å². The normalized spacial score (nSPS) is 36.3. The lowest BCUT2D eigenvalue weighted by Crippen LogP contribution is -2.27. The van der Waals surface area contributed by atoms with Gasteiger partial charge in [-0.15, -0.1) is 0 Å². The largest absolute Gasteiger partial charge is 0.339 e. The van der Waals surface area contributed by atoms with Gasteiger partial charge in [0.25, 0.3) is 0 Å². The second-order valence-electron chi connectivity index (χ2n) is 6.57. The first-order valence-electron chi connectivity index (χ1n) is 7.81. The van der Waals surface area contributed by atoms with Gasteiger partial charge in [-0.3, -0.25) is 0 Å². The molecule has 0 bridgehead atoms. The maximum Gasteiger partial charge on any atom is 0.229 e. The Kier molecular flexibility index (Phi) is 3.87. The fourth-order valence-corrected chi connectivity index (χ4v) is 3.55. The smallest absolute Gasteiger partial charge is 0.229 e. The molecule has 2 unspecified atom stereocenters. The Balaban J connectivity index is 1.65. The Labute approximate surface area is 115 Å². The summed E-state index contributed by atoms with van der Waals surface area (Å²) in [4.78, 5) is 4.68. The van der Waals surface area contributed by atoms with Crippen LogP contribution in [-0.4, -0.2) is 16.2 Å². The zero-order valence-corrected chi connectivity index (χ0v) is 11.8. The third-order valence-electron chi connectivity index (χ3n) is 4.90. The molecule has 2 aliphatic carbocycles. The third kappa shape index (κ3) is 2.99. The summed E-state index contributed by atoms with van der Waals surface area (Å²) in [5.74, 6) is 3.56. The van der Waals surface area contributed by atoms with Crippen molar-refractivity contribution >= 4 is 0 Å². The Bertz CT molecular complexity index is 409. The van der Waals surface area contributed by atoms with Crippen LogP contribution in [-0.2, 0) is 0 Å². The highest BCUT2D eigenvalue weighted by atomic mass is 16.5. The minimum absolute atomic E-state index is 0.310. The van der Waals surface area contributed by atoms with Gasteiger partial charge in [-0.2, -0.15) is 4.98 Å². The molecule has 0 radical (unpaired) electrons. The van der Waals surface area contributed by atoms with E-state index >= 15 is 0 Å². The molecule has 3 rings (SSSR count). The molecule has 2 saturated carbocycles. The number of nitrogens with zero attached hydrogens (tertiary/aromatic N) is 2. The monoisotopic (exact) mass is 263 g/mol. The molecule has 4 nitrogen and oxygen atoms in total. The molecule has 106 valence electrons. The second-order valence-corrected chi connectivity index (χ2v) is 6.57. The maximum atomic E-state index is 6.04. The predicted molar refractivity (Wildman–Crippen MR) is 73.9 cm³/mol. The van der Waals surface area contributed by atoms with E-state index in [4.69, 9.17) is 10.3 Å². The van der Waals surface area contributed by atoms with Crippen LogP contribution >= 0.6 is 0 Å². The van der Waals surface area contributed by atoms with Gasteiger partial charge in [0.05, 0.1) is 0 Å². The quantitative estimate of drug-likeness (QED) is 0.888. The van der Waals surface area contributed by atoms with Crippen LogP contribution in [0.5, 0.6) is 0 Å². The van der Waals surface area contributed by atoms with E-state index < -0.39 is 0 Å². The molecule has 0 saturated heterocycles. The molecule has 19 heavy (non-hydrogen) atoms. The first-order valence-corrected chi connectivity index (χ1v) is 7.81. The maximum absolute atomic E-state index is 6.04. The Morgan fingerprint density at radius 1 is 1.05 bits per heavy atom. The fourth-order valence-electron chi connectivity index (χ4n) is 3.55. The SMILES string of the molecule is CC1CCC(c2noc(C3CCCC(N)C3)n2)CC1. The van der Waals surface area contributed by atoms with Crippen molar-refractivity contribution in [1.29, 1.82) is 0 Å². The van der Waals surface area contributed by atoms with Gasteiger partial charge in [-0.05, 0) is 38.0 Å². The second kappa shape index (κ2) is 5.61. The fraction of sp³-hybridized carbons (Fsp3) is 0.867. The number of nitrogens with two attached hydrogens (primary N) is 1. The minimum atomic E-state index is 0.310. The highest BCUT2D eigenvalue weighted by molar-refractivity contribution is 5.02. The van der Waals surface area contributed by atoms with Crippen LogP contribution in [0.2, 0.25) is 0 Å². The Morgan fingerprint density at radius 3 is 2.58 bits per heavy atom. The number of rotatable bonds is 2. The van der Waals surface area contributed by atoms with E-state index in [0.717, 1.165) is 36.9 Å². The van der Waals surface area contributed by atoms with Crippen LogP contribution in [0.4, 0.5) is 0 Å². The van der Waals surface area contributed by atoms with Crippen molar-refractivity contribution in [2.75, 3.05) is 0 Å². The van der Waals surface area contributed by atoms with Crippen LogP contribution in [0.3, 0.4) is 0 Å². The Hall–Kier alpha value is -0.900. The van der Waals surface area contributed by atoms with Crippen molar-refractivity contribution in [3.63, 3.8) is 0 Å². The van der Waals surface area contributed by atoms with Gasteiger partial charge in [-0.25, -0.2) is 0 Å². The molecule has 2 aliphatic rings. The van der Waals surface area contributed by atoms with Crippen molar-refractivity contribution in [3.8, 4) is 0 Å². The first kappa shape index (κ1) is 13.1. The summed E-state index contributed by atoms with van der Waals surface area (Å²) in [6.07, 6.45) is 9.49. The zero-order valence-electron chi connectivity index (χ0n) is 11.8. The number of aromatic nitrogens is 2.